The topological polar surface area (TPSA) is 107 Å². The van der Waals surface area contributed by atoms with Gasteiger partial charge in [-0.05, 0) is 49.2 Å². The number of hydrogen-bond donors (Lipinski definition) is 0. The van der Waals surface area contributed by atoms with Crippen LogP contribution in [0.5, 0.6) is 0 Å². The third-order valence-corrected chi connectivity index (χ3v) is 5.71. The highest BCUT2D eigenvalue weighted by molar-refractivity contribution is 7.91. The van der Waals surface area contributed by atoms with Crippen molar-refractivity contribution in [2.45, 2.75) is 23.6 Å². The van der Waals surface area contributed by atoms with E-state index in [-0.39, 0.29) is 21.6 Å². The van der Waals surface area contributed by atoms with E-state index in [0.717, 1.165) is 23.3 Å². The van der Waals surface area contributed by atoms with Gasteiger partial charge >= 0.3 is 5.63 Å². The highest BCUT2D eigenvalue weighted by Gasteiger charge is 2.24. The van der Waals surface area contributed by atoms with E-state index in [1.54, 1.807) is 13.0 Å². The minimum absolute atomic E-state index is 0.0346. The Kier molecular flexibility index (Phi) is 3.92. The monoisotopic (exact) mass is 359 g/mol. The lowest BCUT2D eigenvalue weighted by molar-refractivity contribution is -0.384. The summed E-state index contributed by atoms with van der Waals surface area (Å²) in [5.74, 6) is 0. The molecule has 0 saturated carbocycles. The Morgan fingerprint density at radius 3 is 2.36 bits per heavy atom. The van der Waals surface area contributed by atoms with E-state index in [2.05, 4.69) is 0 Å². The van der Waals surface area contributed by atoms with Gasteiger partial charge in [0.1, 0.15) is 5.58 Å². The first kappa shape index (κ1) is 16.8. The SMILES string of the molecule is Cc1ccc(S(=O)(=O)c2cc3cc([N+](=O)[O-])ccc3oc2=O)cc1C. The van der Waals surface area contributed by atoms with Gasteiger partial charge in [-0.1, -0.05) is 6.07 Å². The summed E-state index contributed by atoms with van der Waals surface area (Å²) in [4.78, 5) is 21.8. The summed E-state index contributed by atoms with van der Waals surface area (Å²) < 4.78 is 30.6. The molecular formula is C17H13NO6S. The summed E-state index contributed by atoms with van der Waals surface area (Å²) in [6, 6.07) is 9.26. The molecule has 0 unspecified atom stereocenters. The van der Waals surface area contributed by atoms with Crippen LogP contribution in [0.25, 0.3) is 11.0 Å². The molecule has 0 atom stereocenters. The molecule has 0 spiro atoms. The van der Waals surface area contributed by atoms with Crippen molar-refractivity contribution < 1.29 is 17.8 Å². The van der Waals surface area contributed by atoms with Crippen LogP contribution in [-0.2, 0) is 9.84 Å². The van der Waals surface area contributed by atoms with Gasteiger partial charge in [-0.15, -0.1) is 0 Å². The van der Waals surface area contributed by atoms with E-state index in [1.807, 2.05) is 6.92 Å². The quantitative estimate of drug-likeness (QED) is 0.404. The highest BCUT2D eigenvalue weighted by atomic mass is 32.2. The number of rotatable bonds is 3. The number of aryl methyl sites for hydroxylation is 2. The van der Waals surface area contributed by atoms with Gasteiger partial charge in [0.2, 0.25) is 9.84 Å². The zero-order valence-corrected chi connectivity index (χ0v) is 14.2. The van der Waals surface area contributed by atoms with E-state index in [1.165, 1.54) is 24.3 Å². The lowest BCUT2D eigenvalue weighted by atomic mass is 10.1. The van der Waals surface area contributed by atoms with Crippen molar-refractivity contribution in [3.8, 4) is 0 Å². The number of fused-ring (bicyclic) bond motifs is 1. The van der Waals surface area contributed by atoms with Gasteiger partial charge < -0.3 is 4.42 Å². The number of benzene rings is 2. The van der Waals surface area contributed by atoms with Crippen LogP contribution in [0.4, 0.5) is 5.69 Å². The highest BCUT2D eigenvalue weighted by Crippen LogP contribution is 2.25. The summed E-state index contributed by atoms with van der Waals surface area (Å²) >= 11 is 0. The van der Waals surface area contributed by atoms with Crippen LogP contribution in [0.15, 0.2) is 61.5 Å². The summed E-state index contributed by atoms with van der Waals surface area (Å²) in [5, 5.41) is 11.0. The molecule has 0 bridgehead atoms. The first-order valence-electron chi connectivity index (χ1n) is 7.25. The van der Waals surface area contributed by atoms with Crippen LogP contribution in [0.2, 0.25) is 0 Å². The number of sulfone groups is 1. The predicted molar refractivity (Wildman–Crippen MR) is 90.5 cm³/mol. The summed E-state index contributed by atoms with van der Waals surface area (Å²) in [6.45, 7) is 3.61. The molecule has 8 heteroatoms. The molecule has 0 radical (unpaired) electrons. The van der Waals surface area contributed by atoms with E-state index < -0.39 is 25.3 Å². The zero-order chi connectivity index (χ0) is 18.4. The number of non-ortho nitro benzene ring substituents is 1. The van der Waals surface area contributed by atoms with Gasteiger partial charge in [-0.25, -0.2) is 13.2 Å². The molecule has 0 N–H and O–H groups in total. The molecule has 2 aromatic carbocycles. The molecule has 3 rings (SSSR count). The third-order valence-electron chi connectivity index (χ3n) is 3.97. The second-order valence-corrected chi connectivity index (χ2v) is 7.54. The van der Waals surface area contributed by atoms with E-state index >= 15 is 0 Å². The third kappa shape index (κ3) is 2.91. The Labute approximate surface area is 142 Å². The summed E-state index contributed by atoms with van der Waals surface area (Å²) in [6.07, 6.45) is 0. The second-order valence-electron chi connectivity index (χ2n) is 5.63. The van der Waals surface area contributed by atoms with E-state index in [4.69, 9.17) is 4.42 Å². The maximum Gasteiger partial charge on any atom is 0.355 e. The maximum atomic E-state index is 12.8. The van der Waals surface area contributed by atoms with Crippen molar-refractivity contribution in [3.05, 3.63) is 74.1 Å². The fourth-order valence-electron chi connectivity index (χ4n) is 2.40. The van der Waals surface area contributed by atoms with E-state index in [9.17, 15) is 23.3 Å². The van der Waals surface area contributed by atoms with Crippen molar-refractivity contribution >= 4 is 26.5 Å². The Balaban J connectivity index is 2.25. The molecular weight excluding hydrogens is 346 g/mol. The van der Waals surface area contributed by atoms with E-state index in [0.29, 0.717) is 0 Å². The van der Waals surface area contributed by atoms with Gasteiger partial charge in [0.05, 0.1) is 9.82 Å². The summed E-state index contributed by atoms with van der Waals surface area (Å²) in [5.41, 5.74) is 0.520. The van der Waals surface area contributed by atoms with Gasteiger partial charge in [-0.2, -0.15) is 0 Å². The molecule has 0 amide bonds. The van der Waals surface area contributed by atoms with Crippen LogP contribution in [0.1, 0.15) is 11.1 Å². The average molecular weight is 359 g/mol. The lowest BCUT2D eigenvalue weighted by Gasteiger charge is -2.07. The van der Waals surface area contributed by atoms with Crippen LogP contribution >= 0.6 is 0 Å². The molecule has 1 aromatic heterocycles. The first-order valence-corrected chi connectivity index (χ1v) is 8.73. The molecule has 0 fully saturated rings. The molecule has 0 aliphatic rings. The second kappa shape index (κ2) is 5.82. The zero-order valence-electron chi connectivity index (χ0n) is 13.3. The standard InChI is InChI=1S/C17H13NO6S/c1-10-3-5-14(7-11(10)2)25(22,23)16-9-12-8-13(18(20)21)4-6-15(12)24-17(16)19/h3-9H,1-2H3. The lowest BCUT2D eigenvalue weighted by Crippen LogP contribution is -2.14. The molecule has 25 heavy (non-hydrogen) atoms. The Morgan fingerprint density at radius 2 is 1.72 bits per heavy atom. The minimum Gasteiger partial charge on any atom is -0.422 e. The fraction of sp³-hybridized carbons (Fsp3) is 0.118. The molecule has 7 nitrogen and oxygen atoms in total. The van der Waals surface area contributed by atoms with Crippen LogP contribution in [-0.4, -0.2) is 13.3 Å². The van der Waals surface area contributed by atoms with Crippen LogP contribution < -0.4 is 5.63 Å². The smallest absolute Gasteiger partial charge is 0.355 e. The molecule has 3 aromatic rings. The molecule has 0 aliphatic carbocycles. The predicted octanol–water partition coefficient (Wildman–Crippen LogP) is 3.15. The number of hydrogen-bond acceptors (Lipinski definition) is 6. The minimum atomic E-state index is -4.11. The first-order chi connectivity index (χ1) is 11.7. The van der Waals surface area contributed by atoms with Crippen molar-refractivity contribution in [3.63, 3.8) is 0 Å². The fourth-order valence-corrected chi connectivity index (χ4v) is 3.78. The Morgan fingerprint density at radius 1 is 1.00 bits per heavy atom. The molecule has 1 heterocycles. The number of nitro benzene ring substituents is 1. The molecule has 0 saturated heterocycles. The van der Waals surface area contributed by atoms with Gasteiger partial charge in [-0.3, -0.25) is 10.1 Å². The van der Waals surface area contributed by atoms with Gasteiger partial charge in [0.15, 0.2) is 4.90 Å². The number of nitro groups is 1. The normalized spacial score (nSPS) is 11.6. The maximum absolute atomic E-state index is 12.8. The largest absolute Gasteiger partial charge is 0.422 e. The van der Waals surface area contributed by atoms with Gasteiger partial charge in [0.25, 0.3) is 5.69 Å². The molecule has 0 aliphatic heterocycles. The Bertz CT molecular complexity index is 1180. The number of nitrogens with zero attached hydrogens (tertiary/aromatic N) is 1. The molecule has 128 valence electrons. The van der Waals surface area contributed by atoms with Crippen LogP contribution in [0, 0.1) is 24.0 Å². The van der Waals surface area contributed by atoms with Crippen LogP contribution in [0.3, 0.4) is 0 Å². The Hall–Kier alpha value is -3.00. The van der Waals surface area contributed by atoms with Crippen molar-refractivity contribution in [2.24, 2.45) is 0 Å². The van der Waals surface area contributed by atoms with Crippen molar-refractivity contribution in [1.82, 2.24) is 0 Å². The van der Waals surface area contributed by atoms with Crippen molar-refractivity contribution in [2.75, 3.05) is 0 Å². The van der Waals surface area contributed by atoms with Gasteiger partial charge in [0, 0.05) is 17.5 Å². The summed E-state index contributed by atoms with van der Waals surface area (Å²) in [7, 11) is -4.11. The average Bonchev–Trinajstić information content (AvgIpc) is 2.55. The van der Waals surface area contributed by atoms with Crippen molar-refractivity contribution in [1.29, 1.82) is 0 Å².